The molecule has 1 atom stereocenters. The lowest BCUT2D eigenvalue weighted by Gasteiger charge is -2.21. The number of furan rings is 1. The zero-order valence-corrected chi connectivity index (χ0v) is 10.2. The monoisotopic (exact) mass is 258 g/mol. The molecule has 18 heavy (non-hydrogen) atoms. The second-order valence-corrected chi connectivity index (χ2v) is 3.50. The molecule has 0 aromatic carbocycles. The van der Waals surface area contributed by atoms with E-state index in [1.165, 1.54) is 20.3 Å². The zero-order chi connectivity index (χ0) is 13.7. The van der Waals surface area contributed by atoms with E-state index >= 15 is 0 Å². The van der Waals surface area contributed by atoms with E-state index in [1.807, 2.05) is 0 Å². The molecule has 8 heteroatoms. The van der Waals surface area contributed by atoms with Crippen molar-refractivity contribution in [2.75, 3.05) is 14.2 Å². The van der Waals surface area contributed by atoms with Crippen LogP contribution in [0.5, 0.6) is 0 Å². The maximum absolute atomic E-state index is 11.7. The van der Waals surface area contributed by atoms with Gasteiger partial charge in [-0.25, -0.2) is 0 Å². The number of methoxy groups -OCH3 is 2. The van der Waals surface area contributed by atoms with Gasteiger partial charge in [-0.05, 0) is 13.0 Å². The summed E-state index contributed by atoms with van der Waals surface area (Å²) in [6.45, 7) is 1.67. The van der Waals surface area contributed by atoms with E-state index in [2.05, 4.69) is 5.32 Å². The summed E-state index contributed by atoms with van der Waals surface area (Å²) in [5, 5.41) is 12.9. The maximum Gasteiger partial charge on any atom is 0.433 e. The molecular weight excluding hydrogens is 244 g/mol. The molecule has 8 nitrogen and oxygen atoms in total. The SMILES string of the molecule is COC(OC)C(C)NC(=O)c1ccc([N+](=O)[O-])o1. The lowest BCUT2D eigenvalue weighted by Crippen LogP contribution is -2.42. The van der Waals surface area contributed by atoms with Crippen molar-refractivity contribution in [3.63, 3.8) is 0 Å². The van der Waals surface area contributed by atoms with Gasteiger partial charge in [0.15, 0.2) is 12.1 Å². The Hall–Kier alpha value is -1.93. The molecule has 0 spiro atoms. The third-order valence-electron chi connectivity index (χ3n) is 2.23. The fourth-order valence-electron chi connectivity index (χ4n) is 1.40. The highest BCUT2D eigenvalue weighted by Crippen LogP contribution is 2.15. The molecule has 1 amide bonds. The van der Waals surface area contributed by atoms with Crippen molar-refractivity contribution < 1.29 is 23.6 Å². The van der Waals surface area contributed by atoms with Crippen LogP contribution in [0.15, 0.2) is 16.5 Å². The summed E-state index contributed by atoms with van der Waals surface area (Å²) in [4.78, 5) is 21.4. The van der Waals surface area contributed by atoms with Crippen LogP contribution in [0.25, 0.3) is 0 Å². The predicted molar refractivity (Wildman–Crippen MR) is 60.1 cm³/mol. The number of hydrogen-bond donors (Lipinski definition) is 1. The minimum atomic E-state index is -0.715. The van der Waals surface area contributed by atoms with Crippen molar-refractivity contribution in [2.24, 2.45) is 0 Å². The van der Waals surface area contributed by atoms with Gasteiger partial charge in [0, 0.05) is 14.2 Å². The van der Waals surface area contributed by atoms with Crippen LogP contribution in [0.3, 0.4) is 0 Å². The van der Waals surface area contributed by atoms with Crippen LogP contribution in [0.2, 0.25) is 0 Å². The lowest BCUT2D eigenvalue weighted by atomic mass is 10.3. The molecule has 1 unspecified atom stereocenters. The molecule has 0 saturated carbocycles. The number of carbonyl (C=O) groups excluding carboxylic acids is 1. The smallest absolute Gasteiger partial charge is 0.395 e. The highest BCUT2D eigenvalue weighted by Gasteiger charge is 2.22. The number of nitrogens with one attached hydrogen (secondary N) is 1. The van der Waals surface area contributed by atoms with Crippen molar-refractivity contribution in [3.8, 4) is 0 Å². The highest BCUT2D eigenvalue weighted by molar-refractivity contribution is 5.91. The van der Waals surface area contributed by atoms with E-state index in [9.17, 15) is 14.9 Å². The number of amides is 1. The lowest BCUT2D eigenvalue weighted by molar-refractivity contribution is -0.402. The molecule has 1 N–H and O–H groups in total. The quantitative estimate of drug-likeness (QED) is 0.462. The van der Waals surface area contributed by atoms with E-state index in [4.69, 9.17) is 13.9 Å². The molecule has 1 rings (SSSR count). The molecule has 0 bridgehead atoms. The van der Waals surface area contributed by atoms with Crippen LogP contribution < -0.4 is 5.32 Å². The third-order valence-corrected chi connectivity index (χ3v) is 2.23. The molecule has 0 aliphatic heterocycles. The number of rotatable bonds is 6. The molecule has 0 fully saturated rings. The Balaban J connectivity index is 2.67. The van der Waals surface area contributed by atoms with Crippen LogP contribution in [0, 0.1) is 10.1 Å². The number of ether oxygens (including phenoxy) is 2. The topological polar surface area (TPSA) is 104 Å². The first-order valence-electron chi connectivity index (χ1n) is 5.10. The van der Waals surface area contributed by atoms with E-state index < -0.39 is 29.0 Å². The van der Waals surface area contributed by atoms with Crippen molar-refractivity contribution in [1.29, 1.82) is 0 Å². The van der Waals surface area contributed by atoms with Gasteiger partial charge in [-0.3, -0.25) is 14.9 Å². The van der Waals surface area contributed by atoms with Crippen molar-refractivity contribution in [2.45, 2.75) is 19.3 Å². The van der Waals surface area contributed by atoms with Crippen LogP contribution in [-0.4, -0.2) is 37.4 Å². The van der Waals surface area contributed by atoms with Crippen LogP contribution in [0.4, 0.5) is 5.88 Å². The minimum Gasteiger partial charge on any atom is -0.395 e. The normalized spacial score (nSPS) is 12.4. The van der Waals surface area contributed by atoms with Gasteiger partial charge in [-0.1, -0.05) is 0 Å². The Bertz CT molecular complexity index is 426. The first-order chi connectivity index (χ1) is 8.49. The molecule has 1 aromatic heterocycles. The third kappa shape index (κ3) is 3.28. The first kappa shape index (κ1) is 14.1. The summed E-state index contributed by atoms with van der Waals surface area (Å²) in [5.74, 6) is -1.20. The van der Waals surface area contributed by atoms with Crippen molar-refractivity contribution in [3.05, 3.63) is 28.0 Å². The average Bonchev–Trinajstić information content (AvgIpc) is 2.79. The molecule has 0 saturated heterocycles. The summed E-state index contributed by atoms with van der Waals surface area (Å²) in [6.07, 6.45) is -0.612. The van der Waals surface area contributed by atoms with Gasteiger partial charge in [0.1, 0.15) is 4.92 Å². The molecule has 0 aliphatic carbocycles. The molecular formula is C10H14N2O6. The van der Waals surface area contributed by atoms with Gasteiger partial charge >= 0.3 is 5.88 Å². The summed E-state index contributed by atoms with van der Waals surface area (Å²) in [5.41, 5.74) is 0. The summed E-state index contributed by atoms with van der Waals surface area (Å²) in [7, 11) is 2.88. The number of carbonyl (C=O) groups is 1. The average molecular weight is 258 g/mol. The van der Waals surface area contributed by atoms with Gasteiger partial charge in [0.25, 0.3) is 5.91 Å². The first-order valence-corrected chi connectivity index (χ1v) is 5.10. The number of nitrogens with zero attached hydrogens (tertiary/aromatic N) is 1. The fraction of sp³-hybridized carbons (Fsp3) is 0.500. The fourth-order valence-corrected chi connectivity index (χ4v) is 1.40. The van der Waals surface area contributed by atoms with Crippen LogP contribution in [-0.2, 0) is 9.47 Å². The van der Waals surface area contributed by atoms with E-state index in [0.29, 0.717) is 0 Å². The molecule has 0 radical (unpaired) electrons. The number of nitro groups is 1. The van der Waals surface area contributed by atoms with Crippen LogP contribution >= 0.6 is 0 Å². The van der Waals surface area contributed by atoms with E-state index in [0.717, 1.165) is 6.07 Å². The van der Waals surface area contributed by atoms with Gasteiger partial charge < -0.3 is 19.2 Å². The summed E-state index contributed by atoms with van der Waals surface area (Å²) < 4.78 is 14.7. The Labute approximate surface area is 103 Å². The Morgan fingerprint density at radius 3 is 2.50 bits per heavy atom. The van der Waals surface area contributed by atoms with Gasteiger partial charge in [0.05, 0.1) is 12.1 Å². The molecule has 1 aromatic rings. The summed E-state index contributed by atoms with van der Waals surface area (Å²) in [6, 6.07) is 1.91. The molecule has 100 valence electrons. The highest BCUT2D eigenvalue weighted by atomic mass is 16.7. The molecule has 1 heterocycles. The van der Waals surface area contributed by atoms with Crippen LogP contribution in [0.1, 0.15) is 17.5 Å². The Morgan fingerprint density at radius 1 is 1.44 bits per heavy atom. The summed E-state index contributed by atoms with van der Waals surface area (Å²) >= 11 is 0. The van der Waals surface area contributed by atoms with Gasteiger partial charge in [-0.2, -0.15) is 0 Å². The predicted octanol–water partition coefficient (Wildman–Crippen LogP) is 0.925. The van der Waals surface area contributed by atoms with Crippen molar-refractivity contribution >= 4 is 11.8 Å². The van der Waals surface area contributed by atoms with Gasteiger partial charge in [-0.15, -0.1) is 0 Å². The zero-order valence-electron chi connectivity index (χ0n) is 10.2. The van der Waals surface area contributed by atoms with Crippen molar-refractivity contribution in [1.82, 2.24) is 5.32 Å². The second-order valence-electron chi connectivity index (χ2n) is 3.50. The maximum atomic E-state index is 11.7. The van der Waals surface area contributed by atoms with E-state index in [1.54, 1.807) is 6.92 Å². The van der Waals surface area contributed by atoms with E-state index in [-0.39, 0.29) is 5.76 Å². The minimum absolute atomic E-state index is 0.139. The number of hydrogen-bond acceptors (Lipinski definition) is 6. The second kappa shape index (κ2) is 6.12. The largest absolute Gasteiger partial charge is 0.433 e. The molecule has 0 aliphatic rings. The Morgan fingerprint density at radius 2 is 2.06 bits per heavy atom. The standard InChI is InChI=1S/C10H14N2O6/c1-6(10(16-2)17-3)11-9(13)7-4-5-8(18-7)12(14)15/h4-6,10H,1-3H3,(H,11,13). The van der Waals surface area contributed by atoms with Gasteiger partial charge in [0.2, 0.25) is 0 Å². The Kier molecular flexibility index (Phi) is 4.81.